The molecule has 15 aromatic rings. The Hall–Kier alpha value is -15.1. The van der Waals surface area contributed by atoms with Crippen molar-refractivity contribution in [1.29, 1.82) is 0 Å². The highest BCUT2D eigenvalue weighted by molar-refractivity contribution is 7.83. The van der Waals surface area contributed by atoms with Crippen molar-refractivity contribution in [2.75, 3.05) is 57.0 Å². The van der Waals surface area contributed by atoms with Gasteiger partial charge >= 0.3 is 6.09 Å². The number of amides is 1. The van der Waals surface area contributed by atoms with E-state index in [0.29, 0.717) is 95.3 Å². The fourth-order valence-electron chi connectivity index (χ4n) is 12.9. The molecule has 744 valence electrons. The molecule has 146 heavy (non-hydrogen) atoms. The number of carbonyl (C=O) groups excluding carboxylic acids is 2. The lowest BCUT2D eigenvalue weighted by Crippen LogP contribution is -2.40. The third-order valence-corrected chi connectivity index (χ3v) is 22.5. The number of thiocarbonyl (C=S) groups is 9. The Morgan fingerprint density at radius 3 is 0.836 bits per heavy atom. The predicted octanol–water partition coefficient (Wildman–Crippen LogP) is 26.0. The largest absolute Gasteiger partial charge is 0.444 e. The Morgan fingerprint density at radius 2 is 0.548 bits per heavy atom. The summed E-state index contributed by atoms with van der Waals surface area (Å²) in [7, 11) is 3.97. The average molecular weight is 2110 g/mol. The highest BCUT2D eigenvalue weighted by Crippen LogP contribution is 2.30. The van der Waals surface area contributed by atoms with Gasteiger partial charge in [0.25, 0.3) is 46.6 Å². The summed E-state index contributed by atoms with van der Waals surface area (Å²) >= 11 is 49.6. The lowest BCUT2D eigenvalue weighted by Gasteiger charge is -2.25. The third kappa shape index (κ3) is 37.9. The first kappa shape index (κ1) is 111. The van der Waals surface area contributed by atoms with Gasteiger partial charge in [-0.1, -0.05) is 242 Å². The molecular formula is C115H108N10O12S9. The molecule has 0 aliphatic rings. The van der Waals surface area contributed by atoms with Gasteiger partial charge in [-0.25, -0.2) is 24.4 Å². The van der Waals surface area contributed by atoms with Crippen molar-refractivity contribution in [3.8, 4) is 51.7 Å². The van der Waals surface area contributed by atoms with Gasteiger partial charge in [0.1, 0.15) is 57.3 Å². The van der Waals surface area contributed by atoms with Gasteiger partial charge in [-0.15, -0.1) is 0 Å². The number of hydrogen-bond donors (Lipinski definition) is 5. The molecule has 0 spiro atoms. The van der Waals surface area contributed by atoms with Crippen LogP contribution in [0.1, 0.15) is 64.5 Å². The van der Waals surface area contributed by atoms with Crippen LogP contribution in [0.15, 0.2) is 413 Å². The van der Waals surface area contributed by atoms with Crippen LogP contribution in [0.4, 0.5) is 38.9 Å². The van der Waals surface area contributed by atoms with E-state index in [-0.39, 0.29) is 47.2 Å². The number of aryl methyl sites for hydroxylation is 2. The molecule has 0 radical (unpaired) electrons. The van der Waals surface area contributed by atoms with E-state index in [4.69, 9.17) is 169 Å². The summed E-state index contributed by atoms with van der Waals surface area (Å²) < 4.78 is 57.7. The van der Waals surface area contributed by atoms with Gasteiger partial charge in [0.05, 0.1) is 29.3 Å². The van der Waals surface area contributed by atoms with Crippen molar-refractivity contribution in [1.82, 2.24) is 10.6 Å². The number of nitrogens with one attached hydrogen (secondary N) is 3. The minimum atomic E-state index is -0.558. The zero-order valence-electron chi connectivity index (χ0n) is 81.0. The summed E-state index contributed by atoms with van der Waals surface area (Å²) in [6.07, 6.45) is 0.322. The molecule has 15 rings (SSSR count). The van der Waals surface area contributed by atoms with Gasteiger partial charge in [-0.05, 0) is 362 Å². The van der Waals surface area contributed by atoms with Crippen LogP contribution in [-0.2, 0) is 30.8 Å². The number of nitrogens with two attached hydrogens (primary N) is 2. The van der Waals surface area contributed by atoms with Crippen LogP contribution in [0.25, 0.3) is 0 Å². The molecule has 0 bridgehead atoms. The van der Waals surface area contributed by atoms with Crippen LogP contribution in [0, 0.1) is 13.8 Å². The molecule has 0 unspecified atom stereocenters. The van der Waals surface area contributed by atoms with Crippen LogP contribution >= 0.6 is 110 Å². The van der Waals surface area contributed by atoms with E-state index < -0.39 is 11.7 Å². The van der Waals surface area contributed by atoms with Gasteiger partial charge in [0.15, 0.2) is 5.78 Å². The van der Waals surface area contributed by atoms with Crippen LogP contribution in [-0.4, -0.2) is 91.2 Å². The summed E-state index contributed by atoms with van der Waals surface area (Å²) in [5.41, 5.74) is 22.7. The minimum absolute atomic E-state index is 0.0808. The van der Waals surface area contributed by atoms with Crippen molar-refractivity contribution in [2.45, 2.75) is 66.3 Å². The molecule has 0 heterocycles. The molecule has 0 aliphatic carbocycles. The maximum atomic E-state index is 12.1. The molecule has 0 aromatic heterocycles. The Morgan fingerprint density at radius 1 is 0.295 bits per heavy atom. The van der Waals surface area contributed by atoms with Crippen molar-refractivity contribution in [2.24, 2.45) is 11.5 Å². The maximum Gasteiger partial charge on any atom is 0.407 e. The number of nitrogens with zero attached hydrogens (tertiary/aromatic N) is 5. The number of rotatable bonds is 25. The Bertz CT molecular complexity index is 6500. The fourth-order valence-corrected chi connectivity index (χ4v) is 15.6. The zero-order valence-corrected chi connectivity index (χ0v) is 88.3. The monoisotopic (exact) mass is 2110 g/mol. The standard InChI is InChI=1S/C26H26N2O4S2.C24H24N2O2S2.C22H20N2O2S2.C22H20N2O2S.C21H18N2O2S2/c1-26(2,3)32-23(29)27-18-19-14-16-20(17-15-19)28(24(33)30-21-10-6-4-7-11-21)25(34)31-22-12-8-5-9-13-22;1-17-3-11-21(12-4-17)27-23(29)26(20-9-7-19(8-10-20)15-16-25)24(30)28-22-13-5-18(2)6-14-22;1-23(2)17-13-15-18(16-14-17)24(21(27)25-19-9-5-3-6-10-19)22(28)26-20-11-7-4-8-12-20;25-21(18-7-3-1-4-8-18)16-23-15-17-11-13-19(14-12-17)24-22(27)26-20-9-5-2-6-10-20;22-15-16-11-13-17(14-12-16)23(20(26)24-18-7-3-1-4-8-18)21(27)25-19-9-5-2-6-10-19/h4-17H,18H2,1-3H3,(H,27,29);3-14H,15-16,25H2,1-2H3;3-16H,1-2H3;1-14,23H,15-16H2,(H,24,27);1-14H,15,22H2. The van der Waals surface area contributed by atoms with E-state index >= 15 is 0 Å². The third-order valence-electron chi connectivity index (χ3n) is 20.2. The Kier molecular flexibility index (Phi) is 44.7. The number of ketones is 1. The SMILES string of the molecule is CC(C)(C)OC(=O)NCc1ccc(N(C(=S)Oc2ccccc2)C(=S)Oc2ccccc2)cc1.CN(C)c1ccc(N(C(=S)Oc2ccccc2)C(=S)Oc2ccccc2)cc1.Cc1ccc(OC(=S)N(C(=S)Oc2ccc(C)cc2)c2ccc(CCN)cc2)cc1.NCc1ccc(N(C(=S)Oc2ccccc2)C(=S)Oc2ccccc2)cc1.O=C(CNCc1ccc(NC(=S)Oc2ccccc2)cc1)c1ccccc1. The molecule has 22 nitrogen and oxygen atoms in total. The van der Waals surface area contributed by atoms with E-state index in [1.165, 1.54) is 4.90 Å². The van der Waals surface area contributed by atoms with E-state index in [1.807, 2.05) is 442 Å². The van der Waals surface area contributed by atoms with Crippen molar-refractivity contribution in [3.63, 3.8) is 0 Å². The topological polar surface area (TPSA) is 231 Å². The second-order valence-corrected chi connectivity index (χ2v) is 35.9. The van der Waals surface area contributed by atoms with Crippen molar-refractivity contribution < 1.29 is 57.0 Å². The quantitative estimate of drug-likeness (QED) is 0.0264. The molecule has 0 saturated heterocycles. The van der Waals surface area contributed by atoms with E-state index in [0.717, 1.165) is 73.8 Å². The summed E-state index contributed by atoms with van der Waals surface area (Å²) in [6, 6.07) is 128. The number of ether oxygens (including phenoxy) is 10. The first-order chi connectivity index (χ1) is 70.6. The van der Waals surface area contributed by atoms with E-state index in [2.05, 4.69) is 16.0 Å². The second-order valence-electron chi connectivity index (χ2n) is 32.7. The molecule has 1 amide bonds. The van der Waals surface area contributed by atoms with Gasteiger partial charge < -0.3 is 79.7 Å². The van der Waals surface area contributed by atoms with E-state index in [9.17, 15) is 9.59 Å². The van der Waals surface area contributed by atoms with Crippen LogP contribution in [0.2, 0.25) is 0 Å². The number of carbonyl (C=O) groups is 2. The molecule has 15 aromatic carbocycles. The number of hydrogen-bond acceptors (Lipinski definition) is 25. The minimum Gasteiger partial charge on any atom is -0.444 e. The van der Waals surface area contributed by atoms with Crippen LogP contribution in [0.3, 0.4) is 0 Å². The molecule has 31 heteroatoms. The summed E-state index contributed by atoms with van der Waals surface area (Å²) in [6.45, 7) is 11.8. The molecule has 0 aliphatic heterocycles. The molecule has 0 saturated carbocycles. The number of Topliss-reactive ketones (excluding diaryl/α,β-unsaturated/α-hetero) is 1. The lowest BCUT2D eigenvalue weighted by molar-refractivity contribution is 0.0523. The van der Waals surface area contributed by atoms with Gasteiger partial charge in [-0.2, -0.15) is 0 Å². The Labute approximate surface area is 900 Å². The average Bonchev–Trinajstić information content (AvgIpc) is 0.837. The van der Waals surface area contributed by atoms with Gasteiger partial charge in [0.2, 0.25) is 0 Å². The highest BCUT2D eigenvalue weighted by Gasteiger charge is 2.28. The maximum absolute atomic E-state index is 12.1. The van der Waals surface area contributed by atoms with Crippen molar-refractivity contribution in [3.05, 3.63) is 451 Å². The number of anilines is 6. The fraction of sp³-hybridized carbons (Fsp3) is 0.122. The van der Waals surface area contributed by atoms with E-state index in [1.54, 1.807) is 39.0 Å². The first-order valence-corrected chi connectivity index (χ1v) is 49.5. The smallest absolute Gasteiger partial charge is 0.407 e. The predicted molar refractivity (Wildman–Crippen MR) is 623 cm³/mol. The Balaban J connectivity index is 0.000000174. The van der Waals surface area contributed by atoms with Crippen LogP contribution < -0.4 is 94.5 Å². The van der Waals surface area contributed by atoms with Gasteiger partial charge in [-0.3, -0.25) is 4.79 Å². The summed E-state index contributed by atoms with van der Waals surface area (Å²) in [5.74, 6) is 5.70. The molecular weight excluding hydrogens is 2000 g/mol. The zero-order chi connectivity index (χ0) is 104. The first-order valence-electron chi connectivity index (χ1n) is 45.8. The molecule has 7 N–H and O–H groups in total. The number of alkyl carbamates (subject to hydrolysis) is 1. The van der Waals surface area contributed by atoms with Crippen LogP contribution in [0.5, 0.6) is 51.7 Å². The summed E-state index contributed by atoms with van der Waals surface area (Å²) in [5, 5.41) is 10.6. The highest BCUT2D eigenvalue weighted by atomic mass is 32.1. The second kappa shape index (κ2) is 58.6. The normalized spacial score (nSPS) is 10.3. The van der Waals surface area contributed by atoms with Crippen molar-refractivity contribution >= 4 is 203 Å². The number of benzene rings is 15. The molecule has 0 fully saturated rings. The van der Waals surface area contributed by atoms with Gasteiger partial charge in [0, 0.05) is 50.7 Å². The molecule has 0 atom stereocenters. The summed E-state index contributed by atoms with van der Waals surface area (Å²) in [4.78, 5) is 32.3. The lowest BCUT2D eigenvalue weighted by atomic mass is 10.1. The number of para-hydroxylation sites is 7.